The Labute approximate surface area is 177 Å². The van der Waals surface area contributed by atoms with E-state index in [4.69, 9.17) is 22.2 Å². The maximum atomic E-state index is 13.3. The van der Waals surface area contributed by atoms with Crippen LogP contribution in [-0.4, -0.2) is 52.0 Å². The highest BCUT2D eigenvalue weighted by Crippen LogP contribution is 2.37. The van der Waals surface area contributed by atoms with Gasteiger partial charge in [-0.15, -0.1) is 10.2 Å². The maximum absolute atomic E-state index is 13.3. The van der Waals surface area contributed by atoms with Crippen LogP contribution in [0.3, 0.4) is 0 Å². The highest BCUT2D eigenvalue weighted by molar-refractivity contribution is 8.00. The van der Waals surface area contributed by atoms with Gasteiger partial charge in [0.25, 0.3) is 0 Å². The molecule has 0 saturated carbocycles. The molecule has 1 aromatic heterocycles. The molecule has 29 heavy (non-hydrogen) atoms. The molecule has 1 saturated heterocycles. The van der Waals surface area contributed by atoms with Crippen molar-refractivity contribution in [3.63, 3.8) is 0 Å². The zero-order chi connectivity index (χ0) is 20.2. The van der Waals surface area contributed by atoms with E-state index in [1.54, 1.807) is 6.07 Å². The third-order valence-electron chi connectivity index (χ3n) is 4.65. The lowest BCUT2D eigenvalue weighted by Crippen LogP contribution is -2.42. The summed E-state index contributed by atoms with van der Waals surface area (Å²) in [5.41, 5.74) is 1.57. The summed E-state index contributed by atoms with van der Waals surface area (Å²) in [6.07, 6.45) is 0. The fourth-order valence-corrected chi connectivity index (χ4v) is 4.39. The molecule has 2 aromatic carbocycles. The number of nitrogen functional groups attached to an aromatic ring is 1. The first kappa shape index (κ1) is 19.8. The average Bonchev–Trinajstić information content (AvgIpc) is 3.13. The Balaban J connectivity index is 1.65. The maximum Gasteiger partial charge on any atom is 0.240 e. The first-order chi connectivity index (χ1) is 14.1. The van der Waals surface area contributed by atoms with Gasteiger partial charge < -0.3 is 15.5 Å². The lowest BCUT2D eigenvalue weighted by atomic mass is 10.1. The molecule has 0 spiro atoms. The molecule has 1 fully saturated rings. The SMILES string of the molecule is Nn1c(S[C@H](C(=O)N2CCOCC2)c2ccccc2)nnc1-c1ccccc1Cl. The number of nitrogens with two attached hydrogens (primary N) is 1. The number of morpholine rings is 1. The van der Waals surface area contributed by atoms with Gasteiger partial charge in [0.2, 0.25) is 11.1 Å². The molecule has 3 aromatic rings. The molecule has 7 nitrogen and oxygen atoms in total. The van der Waals surface area contributed by atoms with E-state index in [2.05, 4.69) is 10.2 Å². The molecule has 0 radical (unpaired) electrons. The van der Waals surface area contributed by atoms with Crippen molar-refractivity contribution < 1.29 is 9.53 Å². The molecule has 0 aliphatic carbocycles. The molecule has 1 amide bonds. The van der Waals surface area contributed by atoms with Crippen LogP contribution in [0.2, 0.25) is 5.02 Å². The van der Waals surface area contributed by atoms with Crippen molar-refractivity contribution in [1.82, 2.24) is 19.8 Å². The topological polar surface area (TPSA) is 86.3 Å². The summed E-state index contributed by atoms with van der Waals surface area (Å²) < 4.78 is 6.76. The molecule has 0 bridgehead atoms. The zero-order valence-corrected chi connectivity index (χ0v) is 17.1. The van der Waals surface area contributed by atoms with Gasteiger partial charge in [0.15, 0.2) is 5.82 Å². The lowest BCUT2D eigenvalue weighted by Gasteiger charge is -2.30. The second kappa shape index (κ2) is 8.86. The van der Waals surface area contributed by atoms with Gasteiger partial charge in [0.1, 0.15) is 5.25 Å². The Morgan fingerprint density at radius 2 is 1.76 bits per heavy atom. The van der Waals surface area contributed by atoms with E-state index in [0.717, 1.165) is 5.56 Å². The second-order valence-corrected chi connectivity index (χ2v) is 7.98. The van der Waals surface area contributed by atoms with Crippen LogP contribution in [0.1, 0.15) is 10.8 Å². The summed E-state index contributed by atoms with van der Waals surface area (Å²) in [5, 5.41) is 8.91. The van der Waals surface area contributed by atoms with E-state index in [1.807, 2.05) is 53.4 Å². The molecule has 1 atom stereocenters. The van der Waals surface area contributed by atoms with E-state index in [0.29, 0.717) is 47.9 Å². The van der Waals surface area contributed by atoms with Gasteiger partial charge in [0.05, 0.1) is 18.2 Å². The number of nitrogens with zero attached hydrogens (tertiary/aromatic N) is 4. The van der Waals surface area contributed by atoms with E-state index >= 15 is 0 Å². The summed E-state index contributed by atoms with van der Waals surface area (Å²) in [6.45, 7) is 2.23. The number of aromatic nitrogens is 3. The van der Waals surface area contributed by atoms with Gasteiger partial charge in [0, 0.05) is 18.7 Å². The molecule has 2 N–H and O–H groups in total. The number of carbonyl (C=O) groups excluding carboxylic acids is 1. The number of thioether (sulfide) groups is 1. The van der Waals surface area contributed by atoms with Crippen LogP contribution in [0, 0.1) is 0 Å². The van der Waals surface area contributed by atoms with Gasteiger partial charge in [-0.3, -0.25) is 4.79 Å². The molecule has 4 rings (SSSR count). The minimum atomic E-state index is -0.486. The summed E-state index contributed by atoms with van der Waals surface area (Å²) in [7, 11) is 0. The monoisotopic (exact) mass is 429 g/mol. The molecule has 2 heterocycles. The van der Waals surface area contributed by atoms with Crippen LogP contribution in [0.5, 0.6) is 0 Å². The molecule has 1 aliphatic heterocycles. The summed E-state index contributed by atoms with van der Waals surface area (Å²) >= 11 is 7.56. The van der Waals surface area contributed by atoms with Crippen LogP contribution in [-0.2, 0) is 9.53 Å². The van der Waals surface area contributed by atoms with Crippen LogP contribution in [0.25, 0.3) is 11.4 Å². The normalized spacial score (nSPS) is 15.3. The highest BCUT2D eigenvalue weighted by atomic mass is 35.5. The summed E-state index contributed by atoms with van der Waals surface area (Å²) in [5.74, 6) is 6.73. The Bertz CT molecular complexity index is 992. The van der Waals surface area contributed by atoms with Crippen molar-refractivity contribution >= 4 is 29.3 Å². The molecule has 9 heteroatoms. The highest BCUT2D eigenvalue weighted by Gasteiger charge is 2.30. The van der Waals surface area contributed by atoms with Gasteiger partial charge in [-0.1, -0.05) is 65.8 Å². The van der Waals surface area contributed by atoms with Gasteiger partial charge >= 0.3 is 0 Å². The predicted octanol–water partition coefficient (Wildman–Crippen LogP) is 3.00. The van der Waals surface area contributed by atoms with E-state index in [1.165, 1.54) is 16.4 Å². The van der Waals surface area contributed by atoms with Gasteiger partial charge in [-0.25, -0.2) is 4.68 Å². The van der Waals surface area contributed by atoms with E-state index in [-0.39, 0.29) is 5.91 Å². The standard InChI is InChI=1S/C20H20ClN5O2S/c21-16-9-5-4-8-15(16)18-23-24-20(26(18)22)29-17(14-6-2-1-3-7-14)19(27)25-10-12-28-13-11-25/h1-9,17H,10-13,22H2/t17-/m0/s1. The Kier molecular flexibility index (Phi) is 6.03. The van der Waals surface area contributed by atoms with Gasteiger partial charge in [-0.2, -0.15) is 0 Å². The fraction of sp³-hybridized carbons (Fsp3) is 0.250. The Hall–Kier alpha value is -2.55. The lowest BCUT2D eigenvalue weighted by molar-refractivity contribution is -0.134. The van der Waals surface area contributed by atoms with Crippen molar-refractivity contribution in [3.05, 3.63) is 65.2 Å². The van der Waals surface area contributed by atoms with Crippen molar-refractivity contribution in [1.29, 1.82) is 0 Å². The number of hydrogen-bond acceptors (Lipinski definition) is 6. The number of amides is 1. The first-order valence-corrected chi connectivity index (χ1v) is 10.4. The third-order valence-corrected chi connectivity index (χ3v) is 6.18. The third kappa shape index (κ3) is 4.24. The van der Waals surface area contributed by atoms with Crippen molar-refractivity contribution in [3.8, 4) is 11.4 Å². The fourth-order valence-electron chi connectivity index (χ4n) is 3.13. The summed E-state index contributed by atoms with van der Waals surface area (Å²) in [6, 6.07) is 16.9. The smallest absolute Gasteiger partial charge is 0.240 e. The number of halogens is 1. The number of rotatable bonds is 5. The van der Waals surface area contributed by atoms with Crippen LogP contribution in [0.15, 0.2) is 59.8 Å². The Morgan fingerprint density at radius 3 is 2.48 bits per heavy atom. The van der Waals surface area contributed by atoms with E-state index < -0.39 is 5.25 Å². The van der Waals surface area contributed by atoms with E-state index in [9.17, 15) is 4.79 Å². The van der Waals surface area contributed by atoms with Crippen LogP contribution >= 0.6 is 23.4 Å². The van der Waals surface area contributed by atoms with Crippen molar-refractivity contribution in [2.24, 2.45) is 0 Å². The molecular formula is C20H20ClN5O2S. The molecular weight excluding hydrogens is 410 g/mol. The number of ether oxygens (including phenoxy) is 1. The first-order valence-electron chi connectivity index (χ1n) is 9.18. The quantitative estimate of drug-likeness (QED) is 0.495. The average molecular weight is 430 g/mol. The van der Waals surface area contributed by atoms with Crippen LogP contribution < -0.4 is 5.84 Å². The van der Waals surface area contributed by atoms with Crippen LogP contribution in [0.4, 0.5) is 0 Å². The second-order valence-electron chi connectivity index (χ2n) is 6.50. The molecule has 1 aliphatic rings. The number of hydrogen-bond donors (Lipinski definition) is 1. The summed E-state index contributed by atoms with van der Waals surface area (Å²) in [4.78, 5) is 15.1. The van der Waals surface area contributed by atoms with Crippen molar-refractivity contribution in [2.75, 3.05) is 32.1 Å². The molecule has 0 unspecified atom stereocenters. The van der Waals surface area contributed by atoms with Crippen molar-refractivity contribution in [2.45, 2.75) is 10.4 Å². The minimum absolute atomic E-state index is 0.00629. The largest absolute Gasteiger partial charge is 0.378 e. The van der Waals surface area contributed by atoms with Gasteiger partial charge in [-0.05, 0) is 17.7 Å². The minimum Gasteiger partial charge on any atom is -0.378 e. The zero-order valence-electron chi connectivity index (χ0n) is 15.6. The number of carbonyl (C=O) groups is 1. The predicted molar refractivity (Wildman–Crippen MR) is 113 cm³/mol. The number of benzene rings is 2. The Morgan fingerprint density at radius 1 is 1.07 bits per heavy atom. The molecule has 150 valence electrons.